The van der Waals surface area contributed by atoms with Gasteiger partial charge in [-0.15, -0.1) is 0 Å². The standard InChI is InChI=1S/C14H28N2O5/c1-11(2)8-12(9-13(17)18)10-16-14(19)15-4-5-21-7-6-20-3/h11-12H,4-10H2,1-3H3,(H,17,18)(H2,15,16,19)/t12-/m0/s1. The van der Waals surface area contributed by atoms with Crippen LogP contribution in [0.2, 0.25) is 0 Å². The highest BCUT2D eigenvalue weighted by Crippen LogP contribution is 2.14. The molecule has 7 heteroatoms. The smallest absolute Gasteiger partial charge is 0.314 e. The van der Waals surface area contributed by atoms with Crippen molar-refractivity contribution in [3.05, 3.63) is 0 Å². The third-order valence-electron chi connectivity index (χ3n) is 2.78. The van der Waals surface area contributed by atoms with E-state index >= 15 is 0 Å². The van der Waals surface area contributed by atoms with Crippen molar-refractivity contribution in [2.45, 2.75) is 26.7 Å². The number of methoxy groups -OCH3 is 1. The Morgan fingerprint density at radius 3 is 2.43 bits per heavy atom. The van der Waals surface area contributed by atoms with E-state index in [1.807, 2.05) is 13.8 Å². The fourth-order valence-corrected chi connectivity index (χ4v) is 1.93. The van der Waals surface area contributed by atoms with Gasteiger partial charge in [0.25, 0.3) is 0 Å². The van der Waals surface area contributed by atoms with Crippen LogP contribution in [0.3, 0.4) is 0 Å². The number of ether oxygens (including phenoxy) is 2. The first-order chi connectivity index (χ1) is 9.95. The van der Waals surface area contributed by atoms with E-state index in [2.05, 4.69) is 10.6 Å². The molecule has 0 bridgehead atoms. The van der Waals surface area contributed by atoms with Crippen molar-refractivity contribution in [2.75, 3.05) is 40.0 Å². The maximum atomic E-state index is 11.6. The summed E-state index contributed by atoms with van der Waals surface area (Å²) in [7, 11) is 1.60. The van der Waals surface area contributed by atoms with E-state index in [-0.39, 0.29) is 18.4 Å². The van der Waals surface area contributed by atoms with Gasteiger partial charge in [0.2, 0.25) is 0 Å². The summed E-state index contributed by atoms with van der Waals surface area (Å²) in [4.78, 5) is 22.3. The minimum Gasteiger partial charge on any atom is -0.481 e. The highest BCUT2D eigenvalue weighted by Gasteiger charge is 2.15. The maximum Gasteiger partial charge on any atom is 0.314 e. The van der Waals surface area contributed by atoms with Crippen molar-refractivity contribution in [3.63, 3.8) is 0 Å². The second-order valence-corrected chi connectivity index (χ2v) is 5.34. The molecule has 1 atom stereocenters. The van der Waals surface area contributed by atoms with Crippen molar-refractivity contribution >= 4 is 12.0 Å². The van der Waals surface area contributed by atoms with E-state index in [4.69, 9.17) is 14.6 Å². The van der Waals surface area contributed by atoms with E-state index in [9.17, 15) is 9.59 Å². The van der Waals surface area contributed by atoms with Crippen LogP contribution in [0.25, 0.3) is 0 Å². The van der Waals surface area contributed by atoms with Crippen LogP contribution in [0.1, 0.15) is 26.7 Å². The lowest BCUT2D eigenvalue weighted by atomic mass is 9.94. The van der Waals surface area contributed by atoms with Gasteiger partial charge in [0, 0.05) is 26.6 Å². The van der Waals surface area contributed by atoms with Crippen molar-refractivity contribution in [1.82, 2.24) is 10.6 Å². The lowest BCUT2D eigenvalue weighted by molar-refractivity contribution is -0.138. The molecule has 0 aromatic heterocycles. The molecule has 0 unspecified atom stereocenters. The fraction of sp³-hybridized carbons (Fsp3) is 0.857. The predicted molar refractivity (Wildman–Crippen MR) is 79.3 cm³/mol. The fourth-order valence-electron chi connectivity index (χ4n) is 1.93. The highest BCUT2D eigenvalue weighted by atomic mass is 16.5. The van der Waals surface area contributed by atoms with Gasteiger partial charge in [0.1, 0.15) is 0 Å². The Labute approximate surface area is 126 Å². The second kappa shape index (κ2) is 12.4. The summed E-state index contributed by atoms with van der Waals surface area (Å²) in [5, 5.41) is 14.2. The molecule has 0 rings (SSSR count). The van der Waals surface area contributed by atoms with Gasteiger partial charge < -0.3 is 25.2 Å². The first-order valence-electron chi connectivity index (χ1n) is 7.25. The summed E-state index contributed by atoms with van der Waals surface area (Å²) in [6, 6.07) is -0.301. The van der Waals surface area contributed by atoms with Crippen molar-refractivity contribution in [3.8, 4) is 0 Å². The molecule has 0 aromatic rings. The average molecular weight is 304 g/mol. The van der Waals surface area contributed by atoms with E-state index in [1.54, 1.807) is 7.11 Å². The van der Waals surface area contributed by atoms with Gasteiger partial charge in [-0.2, -0.15) is 0 Å². The molecular weight excluding hydrogens is 276 g/mol. The lowest BCUT2D eigenvalue weighted by Gasteiger charge is -2.18. The molecule has 124 valence electrons. The van der Waals surface area contributed by atoms with E-state index in [0.29, 0.717) is 38.8 Å². The van der Waals surface area contributed by atoms with Crippen LogP contribution < -0.4 is 10.6 Å². The highest BCUT2D eigenvalue weighted by molar-refractivity contribution is 5.74. The Balaban J connectivity index is 3.78. The molecule has 2 amide bonds. The summed E-state index contributed by atoms with van der Waals surface area (Å²) < 4.78 is 10.0. The number of rotatable bonds is 12. The van der Waals surface area contributed by atoms with Crippen LogP contribution in [0.4, 0.5) is 4.79 Å². The van der Waals surface area contributed by atoms with Crippen molar-refractivity contribution in [1.29, 1.82) is 0 Å². The van der Waals surface area contributed by atoms with Gasteiger partial charge in [-0.25, -0.2) is 4.79 Å². The van der Waals surface area contributed by atoms with Crippen LogP contribution in [0, 0.1) is 11.8 Å². The summed E-state index contributed by atoms with van der Waals surface area (Å²) in [6.07, 6.45) is 0.839. The number of hydrogen-bond acceptors (Lipinski definition) is 4. The van der Waals surface area contributed by atoms with Gasteiger partial charge in [-0.1, -0.05) is 13.8 Å². The van der Waals surface area contributed by atoms with Gasteiger partial charge >= 0.3 is 12.0 Å². The Morgan fingerprint density at radius 2 is 1.86 bits per heavy atom. The Bertz CT molecular complexity index is 297. The Morgan fingerprint density at radius 1 is 1.14 bits per heavy atom. The van der Waals surface area contributed by atoms with Crippen LogP contribution in [0.15, 0.2) is 0 Å². The quantitative estimate of drug-likeness (QED) is 0.469. The van der Waals surface area contributed by atoms with E-state index < -0.39 is 5.97 Å². The van der Waals surface area contributed by atoms with Crippen molar-refractivity contribution in [2.24, 2.45) is 11.8 Å². The third-order valence-corrected chi connectivity index (χ3v) is 2.78. The molecule has 0 spiro atoms. The normalized spacial score (nSPS) is 12.2. The van der Waals surface area contributed by atoms with Gasteiger partial charge in [0.05, 0.1) is 19.8 Å². The SMILES string of the molecule is COCCOCCNC(=O)NC[C@H](CC(=O)O)CC(C)C. The number of nitrogens with one attached hydrogen (secondary N) is 2. The van der Waals surface area contributed by atoms with E-state index in [0.717, 1.165) is 6.42 Å². The molecule has 3 N–H and O–H groups in total. The van der Waals surface area contributed by atoms with E-state index in [1.165, 1.54) is 0 Å². The molecule has 0 fully saturated rings. The summed E-state index contributed by atoms with van der Waals surface area (Å²) in [6.45, 7) is 6.27. The van der Waals surface area contributed by atoms with Gasteiger partial charge in [0.15, 0.2) is 0 Å². The zero-order chi connectivity index (χ0) is 16.1. The van der Waals surface area contributed by atoms with Crippen LogP contribution in [-0.2, 0) is 14.3 Å². The zero-order valence-electron chi connectivity index (χ0n) is 13.2. The number of aliphatic carboxylic acids is 1. The monoisotopic (exact) mass is 304 g/mol. The molecule has 0 saturated heterocycles. The Hall–Kier alpha value is -1.34. The topological polar surface area (TPSA) is 96.9 Å². The number of amides is 2. The minimum atomic E-state index is -0.839. The number of carbonyl (C=O) groups excluding carboxylic acids is 1. The van der Waals surface area contributed by atoms with Crippen LogP contribution in [0.5, 0.6) is 0 Å². The van der Waals surface area contributed by atoms with Crippen LogP contribution in [-0.4, -0.2) is 57.1 Å². The summed E-state index contributed by atoms with van der Waals surface area (Å²) in [5.74, 6) is -0.492. The summed E-state index contributed by atoms with van der Waals surface area (Å²) >= 11 is 0. The number of hydrogen-bond donors (Lipinski definition) is 3. The molecule has 0 radical (unpaired) electrons. The first-order valence-corrected chi connectivity index (χ1v) is 7.25. The molecule has 0 saturated carbocycles. The predicted octanol–water partition coefficient (Wildman–Crippen LogP) is 1.09. The van der Waals surface area contributed by atoms with Gasteiger partial charge in [-0.3, -0.25) is 4.79 Å². The largest absolute Gasteiger partial charge is 0.481 e. The zero-order valence-corrected chi connectivity index (χ0v) is 13.2. The maximum absolute atomic E-state index is 11.6. The molecule has 21 heavy (non-hydrogen) atoms. The third kappa shape index (κ3) is 13.4. The number of carbonyl (C=O) groups is 2. The second-order valence-electron chi connectivity index (χ2n) is 5.34. The summed E-state index contributed by atoms with van der Waals surface area (Å²) in [5.41, 5.74) is 0. The average Bonchev–Trinajstić information content (AvgIpc) is 2.38. The van der Waals surface area contributed by atoms with Crippen LogP contribution >= 0.6 is 0 Å². The molecule has 7 nitrogen and oxygen atoms in total. The molecule has 0 aliphatic heterocycles. The van der Waals surface area contributed by atoms with Gasteiger partial charge in [-0.05, 0) is 18.3 Å². The Kier molecular flexibility index (Phi) is 11.6. The number of urea groups is 1. The number of carboxylic acids is 1. The van der Waals surface area contributed by atoms with Crippen molar-refractivity contribution < 1.29 is 24.2 Å². The molecule has 0 aromatic carbocycles. The lowest BCUT2D eigenvalue weighted by Crippen LogP contribution is -2.40. The molecular formula is C14H28N2O5. The number of carboxylic acid groups (broad SMARTS) is 1. The molecule has 0 aliphatic carbocycles. The molecule has 0 heterocycles. The first kappa shape index (κ1) is 19.7. The minimum absolute atomic E-state index is 0.0498. The molecule has 0 aliphatic rings.